The van der Waals surface area contributed by atoms with Crippen molar-refractivity contribution in [1.29, 1.82) is 0 Å². The Morgan fingerprint density at radius 1 is 1.44 bits per heavy atom. The van der Waals surface area contributed by atoms with Crippen LogP contribution in [-0.4, -0.2) is 29.8 Å². The van der Waals surface area contributed by atoms with Gasteiger partial charge in [-0.3, -0.25) is 0 Å². The predicted molar refractivity (Wildman–Crippen MR) is 68.2 cm³/mol. The lowest BCUT2D eigenvalue weighted by Crippen LogP contribution is -2.33. The van der Waals surface area contributed by atoms with Crippen molar-refractivity contribution in [3.8, 4) is 0 Å². The Kier molecular flexibility index (Phi) is 4.02. The minimum atomic E-state index is -0.0683. The summed E-state index contributed by atoms with van der Waals surface area (Å²) in [6, 6.07) is 0. The SMILES string of the molecule is CC(Cc1nc(C2CNCCO2)no1)C(C)(C)C. The van der Waals surface area contributed by atoms with Gasteiger partial charge >= 0.3 is 0 Å². The van der Waals surface area contributed by atoms with Crippen LogP contribution >= 0.6 is 0 Å². The second-order valence-corrected chi connectivity index (χ2v) is 6.08. The van der Waals surface area contributed by atoms with E-state index in [0.29, 0.717) is 24.2 Å². The molecule has 0 radical (unpaired) electrons. The van der Waals surface area contributed by atoms with E-state index in [9.17, 15) is 0 Å². The Hall–Kier alpha value is -0.940. The van der Waals surface area contributed by atoms with Crippen LogP contribution in [0.1, 0.15) is 45.5 Å². The minimum absolute atomic E-state index is 0.0683. The van der Waals surface area contributed by atoms with Crippen LogP contribution in [0, 0.1) is 11.3 Å². The Morgan fingerprint density at radius 2 is 2.22 bits per heavy atom. The molecular weight excluding hydrogens is 230 g/mol. The van der Waals surface area contributed by atoms with Crippen LogP contribution < -0.4 is 5.32 Å². The number of ether oxygens (including phenoxy) is 1. The molecule has 5 nitrogen and oxygen atoms in total. The summed E-state index contributed by atoms with van der Waals surface area (Å²) in [4.78, 5) is 4.44. The molecule has 1 aliphatic heterocycles. The third kappa shape index (κ3) is 3.29. The quantitative estimate of drug-likeness (QED) is 0.892. The topological polar surface area (TPSA) is 60.2 Å². The molecule has 0 bridgehead atoms. The van der Waals surface area contributed by atoms with Gasteiger partial charge in [-0.15, -0.1) is 0 Å². The third-order valence-electron chi connectivity index (χ3n) is 3.66. The van der Waals surface area contributed by atoms with E-state index in [1.807, 2.05) is 0 Å². The van der Waals surface area contributed by atoms with Crippen LogP contribution in [0.25, 0.3) is 0 Å². The molecule has 0 aromatic carbocycles. The van der Waals surface area contributed by atoms with E-state index in [1.165, 1.54) is 0 Å². The molecule has 1 N–H and O–H groups in total. The van der Waals surface area contributed by atoms with Gasteiger partial charge in [0.2, 0.25) is 11.7 Å². The zero-order valence-corrected chi connectivity index (χ0v) is 11.7. The number of nitrogens with one attached hydrogen (secondary N) is 1. The van der Waals surface area contributed by atoms with Gasteiger partial charge in [0.15, 0.2) is 0 Å². The van der Waals surface area contributed by atoms with Crippen LogP contribution in [0.5, 0.6) is 0 Å². The Balaban J connectivity index is 1.97. The molecule has 102 valence electrons. The predicted octanol–water partition coefficient (Wildman–Crippen LogP) is 1.96. The number of hydrogen-bond acceptors (Lipinski definition) is 5. The smallest absolute Gasteiger partial charge is 0.227 e. The molecule has 0 spiro atoms. The molecule has 1 aromatic heterocycles. The van der Waals surface area contributed by atoms with Gasteiger partial charge in [-0.05, 0) is 11.3 Å². The monoisotopic (exact) mass is 253 g/mol. The second-order valence-electron chi connectivity index (χ2n) is 6.08. The molecule has 2 heterocycles. The van der Waals surface area contributed by atoms with Crippen molar-refractivity contribution in [3.05, 3.63) is 11.7 Å². The highest BCUT2D eigenvalue weighted by atomic mass is 16.5. The number of nitrogens with zero attached hydrogens (tertiary/aromatic N) is 2. The first-order chi connectivity index (χ1) is 8.47. The summed E-state index contributed by atoms with van der Waals surface area (Å²) >= 11 is 0. The van der Waals surface area contributed by atoms with E-state index in [0.717, 1.165) is 19.5 Å². The molecule has 0 amide bonds. The highest BCUT2D eigenvalue weighted by molar-refractivity contribution is 4.95. The second kappa shape index (κ2) is 5.36. The average Bonchev–Trinajstić information content (AvgIpc) is 2.77. The number of morpholine rings is 1. The summed E-state index contributed by atoms with van der Waals surface area (Å²) in [5.41, 5.74) is 0.248. The molecule has 0 aliphatic carbocycles. The number of aromatic nitrogens is 2. The summed E-state index contributed by atoms with van der Waals surface area (Å²) in [5.74, 6) is 1.87. The number of rotatable bonds is 3. The fraction of sp³-hybridized carbons (Fsp3) is 0.846. The third-order valence-corrected chi connectivity index (χ3v) is 3.66. The first-order valence-electron chi connectivity index (χ1n) is 6.61. The fourth-order valence-electron chi connectivity index (χ4n) is 1.78. The summed E-state index contributed by atoms with van der Waals surface area (Å²) in [5, 5.41) is 7.28. The van der Waals surface area contributed by atoms with Gasteiger partial charge in [0.1, 0.15) is 6.10 Å². The van der Waals surface area contributed by atoms with E-state index in [2.05, 4.69) is 43.2 Å². The van der Waals surface area contributed by atoms with Gasteiger partial charge in [0.25, 0.3) is 0 Å². The summed E-state index contributed by atoms with van der Waals surface area (Å²) in [6.45, 7) is 11.2. The average molecular weight is 253 g/mol. The van der Waals surface area contributed by atoms with Crippen LogP contribution in [0.3, 0.4) is 0 Å². The fourth-order valence-corrected chi connectivity index (χ4v) is 1.78. The van der Waals surface area contributed by atoms with Gasteiger partial charge in [0.05, 0.1) is 6.61 Å². The summed E-state index contributed by atoms with van der Waals surface area (Å²) in [6.07, 6.45) is 0.748. The van der Waals surface area contributed by atoms with E-state index < -0.39 is 0 Å². The van der Waals surface area contributed by atoms with Crippen LogP contribution in [0.2, 0.25) is 0 Å². The number of hydrogen-bond donors (Lipinski definition) is 1. The lowest BCUT2D eigenvalue weighted by Gasteiger charge is -2.25. The minimum Gasteiger partial charge on any atom is -0.367 e. The molecular formula is C13H23N3O2. The standard InChI is InChI=1S/C13H23N3O2/c1-9(13(2,3)4)7-11-15-12(16-18-11)10-8-14-5-6-17-10/h9-10,14H,5-8H2,1-4H3. The highest BCUT2D eigenvalue weighted by Gasteiger charge is 2.25. The lowest BCUT2D eigenvalue weighted by atomic mass is 9.80. The largest absolute Gasteiger partial charge is 0.367 e. The Morgan fingerprint density at radius 3 is 2.83 bits per heavy atom. The van der Waals surface area contributed by atoms with Crippen molar-refractivity contribution in [2.24, 2.45) is 11.3 Å². The van der Waals surface area contributed by atoms with Crippen molar-refractivity contribution in [1.82, 2.24) is 15.5 Å². The van der Waals surface area contributed by atoms with E-state index in [4.69, 9.17) is 9.26 Å². The van der Waals surface area contributed by atoms with Crippen LogP contribution in [0.4, 0.5) is 0 Å². The van der Waals surface area contributed by atoms with E-state index >= 15 is 0 Å². The zero-order valence-electron chi connectivity index (χ0n) is 11.7. The van der Waals surface area contributed by atoms with Gasteiger partial charge in [-0.2, -0.15) is 4.98 Å². The molecule has 18 heavy (non-hydrogen) atoms. The van der Waals surface area contributed by atoms with Gasteiger partial charge < -0.3 is 14.6 Å². The molecule has 2 atom stereocenters. The Labute approximate surface area is 108 Å². The molecule has 0 saturated carbocycles. The summed E-state index contributed by atoms with van der Waals surface area (Å²) in [7, 11) is 0. The van der Waals surface area contributed by atoms with Crippen molar-refractivity contribution in [3.63, 3.8) is 0 Å². The Bertz CT molecular complexity index is 378. The van der Waals surface area contributed by atoms with Crippen molar-refractivity contribution < 1.29 is 9.26 Å². The van der Waals surface area contributed by atoms with Crippen molar-refractivity contribution in [2.45, 2.75) is 40.2 Å². The molecule has 1 aromatic rings. The molecule has 5 heteroatoms. The van der Waals surface area contributed by atoms with Crippen LogP contribution in [0.15, 0.2) is 4.52 Å². The van der Waals surface area contributed by atoms with Gasteiger partial charge in [-0.1, -0.05) is 32.9 Å². The van der Waals surface area contributed by atoms with Crippen molar-refractivity contribution in [2.75, 3.05) is 19.7 Å². The summed E-state index contributed by atoms with van der Waals surface area (Å²) < 4.78 is 10.9. The maximum Gasteiger partial charge on any atom is 0.227 e. The first-order valence-corrected chi connectivity index (χ1v) is 6.61. The highest BCUT2D eigenvalue weighted by Crippen LogP contribution is 2.28. The maximum atomic E-state index is 5.60. The molecule has 1 fully saturated rings. The molecule has 1 aliphatic rings. The lowest BCUT2D eigenvalue weighted by molar-refractivity contribution is 0.0208. The maximum absolute atomic E-state index is 5.60. The van der Waals surface area contributed by atoms with Gasteiger partial charge in [0, 0.05) is 19.5 Å². The van der Waals surface area contributed by atoms with Gasteiger partial charge in [-0.25, -0.2) is 0 Å². The first kappa shape index (κ1) is 13.5. The van der Waals surface area contributed by atoms with Crippen molar-refractivity contribution >= 4 is 0 Å². The molecule has 2 rings (SSSR count). The molecule has 1 saturated heterocycles. The van der Waals surface area contributed by atoms with Crippen LogP contribution in [-0.2, 0) is 11.2 Å². The van der Waals surface area contributed by atoms with E-state index in [-0.39, 0.29) is 11.5 Å². The molecule has 2 unspecified atom stereocenters. The zero-order chi connectivity index (χ0) is 13.2. The normalized spacial score (nSPS) is 23.0. The van der Waals surface area contributed by atoms with E-state index in [1.54, 1.807) is 0 Å².